The Morgan fingerprint density at radius 3 is 2.37 bits per heavy atom. The smallest absolute Gasteiger partial charge is 0.418 e. The van der Waals surface area contributed by atoms with Gasteiger partial charge in [-0.2, -0.15) is 13.2 Å². The summed E-state index contributed by atoms with van der Waals surface area (Å²) in [5, 5.41) is 2.33. The average Bonchev–Trinajstić information content (AvgIpc) is 2.60. The Balaban J connectivity index is 2.01. The van der Waals surface area contributed by atoms with Crippen LogP contribution in [-0.4, -0.2) is 38.6 Å². The van der Waals surface area contributed by atoms with Gasteiger partial charge in [0.15, 0.2) is 11.5 Å². The number of anilines is 1. The highest BCUT2D eigenvalue weighted by atomic mass is 19.4. The van der Waals surface area contributed by atoms with Gasteiger partial charge in [0.25, 0.3) is 0 Å². The first-order chi connectivity index (χ1) is 12.7. The molecule has 0 aliphatic rings. The minimum Gasteiger partial charge on any atom is -0.493 e. The number of halogens is 3. The summed E-state index contributed by atoms with van der Waals surface area (Å²) in [6, 6.07) is 10.3. The van der Waals surface area contributed by atoms with Crippen molar-refractivity contribution in [2.24, 2.45) is 0 Å². The zero-order chi connectivity index (χ0) is 20.0. The predicted molar refractivity (Wildman–Crippen MR) is 96.0 cm³/mol. The zero-order valence-corrected chi connectivity index (χ0v) is 15.3. The lowest BCUT2D eigenvalue weighted by Crippen LogP contribution is -2.30. The number of nitrogens with one attached hydrogen (secondary N) is 1. The van der Waals surface area contributed by atoms with E-state index in [1.54, 1.807) is 24.1 Å². The van der Waals surface area contributed by atoms with Crippen LogP contribution in [0.5, 0.6) is 11.5 Å². The van der Waals surface area contributed by atoms with E-state index in [-0.39, 0.29) is 12.2 Å². The van der Waals surface area contributed by atoms with E-state index >= 15 is 0 Å². The molecule has 27 heavy (non-hydrogen) atoms. The fourth-order valence-electron chi connectivity index (χ4n) is 2.62. The van der Waals surface area contributed by atoms with E-state index in [0.29, 0.717) is 18.0 Å². The van der Waals surface area contributed by atoms with Crippen LogP contribution < -0.4 is 14.8 Å². The number of likely N-dealkylation sites (N-methyl/N-ethyl adjacent to an activating group) is 1. The number of ether oxygens (including phenoxy) is 2. The Hall–Kier alpha value is -2.74. The molecule has 0 saturated heterocycles. The summed E-state index contributed by atoms with van der Waals surface area (Å²) >= 11 is 0. The molecule has 1 amide bonds. The molecule has 0 fully saturated rings. The molecule has 0 unspecified atom stereocenters. The summed E-state index contributed by atoms with van der Waals surface area (Å²) in [4.78, 5) is 13.8. The lowest BCUT2D eigenvalue weighted by Gasteiger charge is -2.18. The highest BCUT2D eigenvalue weighted by molar-refractivity contribution is 5.93. The summed E-state index contributed by atoms with van der Waals surface area (Å²) in [5.41, 5.74) is -0.256. The second-order valence-electron chi connectivity index (χ2n) is 5.95. The molecule has 146 valence electrons. The number of carbonyl (C=O) groups excluding carboxylic acids is 1. The van der Waals surface area contributed by atoms with Gasteiger partial charge in [-0.3, -0.25) is 9.69 Å². The van der Waals surface area contributed by atoms with Crippen molar-refractivity contribution >= 4 is 11.6 Å². The van der Waals surface area contributed by atoms with Crippen molar-refractivity contribution in [3.8, 4) is 11.5 Å². The third-order valence-electron chi connectivity index (χ3n) is 3.82. The van der Waals surface area contributed by atoms with Gasteiger partial charge in [0, 0.05) is 6.54 Å². The molecule has 2 aromatic rings. The number of amides is 1. The van der Waals surface area contributed by atoms with Crippen molar-refractivity contribution in [1.82, 2.24) is 4.90 Å². The van der Waals surface area contributed by atoms with Gasteiger partial charge < -0.3 is 14.8 Å². The van der Waals surface area contributed by atoms with Crippen LogP contribution in [0.3, 0.4) is 0 Å². The maximum atomic E-state index is 13.0. The Kier molecular flexibility index (Phi) is 6.68. The normalized spacial score (nSPS) is 11.4. The summed E-state index contributed by atoms with van der Waals surface area (Å²) in [6.07, 6.45) is -4.53. The molecule has 0 aliphatic heterocycles. The van der Waals surface area contributed by atoms with Gasteiger partial charge in [-0.1, -0.05) is 18.2 Å². The average molecular weight is 382 g/mol. The summed E-state index contributed by atoms with van der Waals surface area (Å²) in [6.45, 7) is 0.342. The molecule has 1 N–H and O–H groups in total. The van der Waals surface area contributed by atoms with Gasteiger partial charge in [-0.05, 0) is 36.9 Å². The molecule has 0 spiro atoms. The Labute approximate surface area is 155 Å². The van der Waals surface area contributed by atoms with E-state index in [2.05, 4.69) is 5.32 Å². The van der Waals surface area contributed by atoms with Crippen LogP contribution in [0.25, 0.3) is 0 Å². The Morgan fingerprint density at radius 1 is 1.07 bits per heavy atom. The maximum Gasteiger partial charge on any atom is 0.418 e. The number of hydrogen-bond acceptors (Lipinski definition) is 4. The van der Waals surface area contributed by atoms with Crippen LogP contribution in [0.15, 0.2) is 42.5 Å². The van der Waals surface area contributed by atoms with Gasteiger partial charge in [0.1, 0.15) is 0 Å². The third-order valence-corrected chi connectivity index (χ3v) is 3.82. The molecular weight excluding hydrogens is 361 g/mol. The monoisotopic (exact) mass is 382 g/mol. The molecule has 0 saturated carbocycles. The summed E-state index contributed by atoms with van der Waals surface area (Å²) in [5.74, 6) is 0.618. The SMILES string of the molecule is COc1ccc(CN(C)CC(=O)Nc2ccccc2C(F)(F)F)cc1OC. The number of benzene rings is 2. The molecule has 0 bridgehead atoms. The molecule has 0 heterocycles. The predicted octanol–water partition coefficient (Wildman–Crippen LogP) is 3.79. The van der Waals surface area contributed by atoms with Crippen LogP contribution in [0, 0.1) is 0 Å². The number of alkyl halides is 3. The van der Waals surface area contributed by atoms with Gasteiger partial charge in [0.05, 0.1) is 32.0 Å². The number of hydrogen-bond donors (Lipinski definition) is 1. The first-order valence-electron chi connectivity index (χ1n) is 8.10. The van der Waals surface area contributed by atoms with E-state index in [1.807, 2.05) is 6.07 Å². The van der Waals surface area contributed by atoms with Crippen molar-refractivity contribution in [3.63, 3.8) is 0 Å². The molecule has 5 nitrogen and oxygen atoms in total. The largest absolute Gasteiger partial charge is 0.493 e. The lowest BCUT2D eigenvalue weighted by atomic mass is 10.1. The van der Waals surface area contributed by atoms with Crippen molar-refractivity contribution in [1.29, 1.82) is 0 Å². The minimum atomic E-state index is -4.53. The molecule has 0 radical (unpaired) electrons. The maximum absolute atomic E-state index is 13.0. The van der Waals surface area contributed by atoms with Gasteiger partial charge >= 0.3 is 6.18 Å². The van der Waals surface area contributed by atoms with Crippen LogP contribution in [0.1, 0.15) is 11.1 Å². The van der Waals surface area contributed by atoms with Crippen LogP contribution in [-0.2, 0) is 17.5 Å². The van der Waals surface area contributed by atoms with E-state index in [0.717, 1.165) is 11.6 Å². The third kappa shape index (κ3) is 5.62. The van der Waals surface area contributed by atoms with E-state index in [4.69, 9.17) is 9.47 Å². The van der Waals surface area contributed by atoms with E-state index in [1.165, 1.54) is 32.4 Å². The lowest BCUT2D eigenvalue weighted by molar-refractivity contribution is -0.137. The number of rotatable bonds is 7. The topological polar surface area (TPSA) is 50.8 Å². The molecular formula is C19H21F3N2O3. The Bertz CT molecular complexity index is 794. The van der Waals surface area contributed by atoms with E-state index in [9.17, 15) is 18.0 Å². The number of para-hydroxylation sites is 1. The summed E-state index contributed by atoms with van der Waals surface area (Å²) < 4.78 is 49.4. The number of methoxy groups -OCH3 is 2. The highest BCUT2D eigenvalue weighted by Gasteiger charge is 2.33. The van der Waals surface area contributed by atoms with Crippen LogP contribution in [0.2, 0.25) is 0 Å². The molecule has 0 aromatic heterocycles. The number of nitrogens with zero attached hydrogens (tertiary/aromatic N) is 1. The van der Waals surface area contributed by atoms with Gasteiger partial charge in [0.2, 0.25) is 5.91 Å². The second kappa shape index (κ2) is 8.77. The van der Waals surface area contributed by atoms with Crippen molar-refractivity contribution < 1.29 is 27.4 Å². The van der Waals surface area contributed by atoms with Gasteiger partial charge in [-0.15, -0.1) is 0 Å². The van der Waals surface area contributed by atoms with Crippen molar-refractivity contribution in [3.05, 3.63) is 53.6 Å². The van der Waals surface area contributed by atoms with E-state index < -0.39 is 17.6 Å². The summed E-state index contributed by atoms with van der Waals surface area (Å²) in [7, 11) is 4.76. The fraction of sp³-hybridized carbons (Fsp3) is 0.316. The first-order valence-corrected chi connectivity index (χ1v) is 8.10. The number of carbonyl (C=O) groups is 1. The van der Waals surface area contributed by atoms with Crippen LogP contribution in [0.4, 0.5) is 18.9 Å². The molecule has 8 heteroatoms. The first kappa shape index (κ1) is 20.6. The van der Waals surface area contributed by atoms with Gasteiger partial charge in [-0.25, -0.2) is 0 Å². The minimum absolute atomic E-state index is 0.0689. The highest BCUT2D eigenvalue weighted by Crippen LogP contribution is 2.34. The van der Waals surface area contributed by atoms with Crippen molar-refractivity contribution in [2.45, 2.75) is 12.7 Å². The fourth-order valence-corrected chi connectivity index (χ4v) is 2.62. The zero-order valence-electron chi connectivity index (χ0n) is 15.3. The molecule has 0 atom stereocenters. The second-order valence-corrected chi connectivity index (χ2v) is 5.95. The molecule has 2 rings (SSSR count). The Morgan fingerprint density at radius 2 is 1.74 bits per heavy atom. The molecule has 0 aliphatic carbocycles. The van der Waals surface area contributed by atoms with Crippen LogP contribution >= 0.6 is 0 Å². The quantitative estimate of drug-likeness (QED) is 0.792. The standard InChI is InChI=1S/C19H21F3N2O3/c1-24(11-13-8-9-16(26-2)17(10-13)27-3)12-18(25)23-15-7-5-4-6-14(15)19(20,21)22/h4-10H,11-12H2,1-3H3,(H,23,25). The van der Waals surface area contributed by atoms with Crippen molar-refractivity contribution in [2.75, 3.05) is 33.1 Å². The molecule has 2 aromatic carbocycles.